The minimum absolute atomic E-state index is 0.0521. The van der Waals surface area contributed by atoms with E-state index in [9.17, 15) is 0 Å². The number of hydrogen-bond donors (Lipinski definition) is 3. The summed E-state index contributed by atoms with van der Waals surface area (Å²) < 4.78 is 5.58. The molecule has 0 bridgehead atoms. The number of nitrogens with zero attached hydrogens (tertiary/aromatic N) is 2. The zero-order chi connectivity index (χ0) is 21.0. The topological polar surface area (TPSA) is 70.0 Å². The van der Waals surface area contributed by atoms with Crippen LogP contribution < -0.4 is 20.9 Å². The van der Waals surface area contributed by atoms with Crippen LogP contribution in [0.4, 0.5) is 0 Å². The summed E-state index contributed by atoms with van der Waals surface area (Å²) in [4.78, 5) is 9.41. The minimum Gasteiger partial charge on any atom is -0.497 e. The van der Waals surface area contributed by atoms with Gasteiger partial charge in [-0.2, -0.15) is 0 Å². The Bertz CT molecular complexity index is 1160. The lowest BCUT2D eigenvalue weighted by molar-refractivity contribution is 0.414. The summed E-state index contributed by atoms with van der Waals surface area (Å²) in [6, 6.07) is 26.4. The summed E-state index contributed by atoms with van der Waals surface area (Å²) in [5, 5.41) is 3.55. The summed E-state index contributed by atoms with van der Waals surface area (Å²) in [6.07, 6.45) is 3.50. The van der Waals surface area contributed by atoms with Crippen molar-refractivity contribution in [3.8, 4) is 5.75 Å². The molecule has 2 heterocycles. The van der Waals surface area contributed by atoms with Gasteiger partial charge in [-0.25, -0.2) is 5.43 Å². The van der Waals surface area contributed by atoms with Gasteiger partial charge in [-0.3, -0.25) is 9.98 Å². The molecule has 2 aliphatic rings. The molecule has 0 amide bonds. The summed E-state index contributed by atoms with van der Waals surface area (Å²) in [5.74, 6) is 0.768. The zero-order valence-corrected chi connectivity index (χ0v) is 17.1. The monoisotopic (exact) mass is 409 g/mol. The van der Waals surface area contributed by atoms with Crippen LogP contribution in [0.1, 0.15) is 34.6 Å². The van der Waals surface area contributed by atoms with Gasteiger partial charge in [0.1, 0.15) is 11.9 Å². The van der Waals surface area contributed by atoms with Crippen LogP contribution in [-0.4, -0.2) is 19.0 Å². The number of nitrogens with one attached hydrogen (secondary N) is 3. The van der Waals surface area contributed by atoms with Crippen molar-refractivity contribution in [3.05, 3.63) is 107 Å². The molecule has 2 unspecified atom stereocenters. The highest BCUT2D eigenvalue weighted by Crippen LogP contribution is 2.28. The molecule has 0 aliphatic carbocycles. The first-order chi connectivity index (χ1) is 15.3. The van der Waals surface area contributed by atoms with Crippen molar-refractivity contribution in [3.63, 3.8) is 0 Å². The van der Waals surface area contributed by atoms with Gasteiger partial charge in [0.05, 0.1) is 24.7 Å². The van der Waals surface area contributed by atoms with E-state index < -0.39 is 0 Å². The number of rotatable bonds is 5. The van der Waals surface area contributed by atoms with E-state index in [4.69, 9.17) is 9.73 Å². The number of methoxy groups -OCH3 is 1. The average molecular weight is 409 g/mol. The lowest BCUT2D eigenvalue weighted by Crippen LogP contribution is -2.44. The maximum atomic E-state index is 5.58. The average Bonchev–Trinajstić information content (AvgIpc) is 3.35. The molecule has 0 fully saturated rings. The Kier molecular flexibility index (Phi) is 5.21. The molecule has 154 valence electrons. The lowest BCUT2D eigenvalue weighted by Gasteiger charge is -2.28. The van der Waals surface area contributed by atoms with Crippen molar-refractivity contribution in [2.45, 2.75) is 12.3 Å². The van der Waals surface area contributed by atoms with E-state index in [1.54, 1.807) is 7.11 Å². The van der Waals surface area contributed by atoms with E-state index in [-0.39, 0.29) is 12.3 Å². The second-order valence-corrected chi connectivity index (χ2v) is 7.36. The SMILES string of the molecule is COc1cc(C2=CNNC(c3ccccc3)N2)cc(C2=NC(c3ccccc3)N=C2)c1. The van der Waals surface area contributed by atoms with Gasteiger partial charge < -0.3 is 15.5 Å². The third kappa shape index (κ3) is 4.06. The highest BCUT2D eigenvalue weighted by molar-refractivity contribution is 6.39. The molecular weight excluding hydrogens is 386 g/mol. The van der Waals surface area contributed by atoms with Gasteiger partial charge in [0.2, 0.25) is 0 Å². The third-order valence-corrected chi connectivity index (χ3v) is 5.32. The summed E-state index contributed by atoms with van der Waals surface area (Å²) in [5.41, 5.74) is 12.4. The van der Waals surface area contributed by atoms with Gasteiger partial charge in [-0.05, 0) is 29.3 Å². The number of hydrazine groups is 1. The number of ether oxygens (including phenoxy) is 1. The Hall–Kier alpha value is -3.90. The van der Waals surface area contributed by atoms with Crippen LogP contribution in [0.2, 0.25) is 0 Å². The predicted octanol–water partition coefficient (Wildman–Crippen LogP) is 3.96. The number of benzene rings is 3. The van der Waals surface area contributed by atoms with Crippen LogP contribution in [0, 0.1) is 0 Å². The van der Waals surface area contributed by atoms with E-state index in [0.29, 0.717) is 0 Å². The van der Waals surface area contributed by atoms with Crippen LogP contribution in [0.25, 0.3) is 5.70 Å². The molecular formula is C25H23N5O. The van der Waals surface area contributed by atoms with Gasteiger partial charge >= 0.3 is 0 Å². The van der Waals surface area contributed by atoms with Gasteiger partial charge in [0.15, 0.2) is 6.17 Å². The zero-order valence-electron chi connectivity index (χ0n) is 17.1. The molecule has 3 aromatic rings. The third-order valence-electron chi connectivity index (χ3n) is 5.32. The highest BCUT2D eigenvalue weighted by Gasteiger charge is 2.20. The Labute approximate surface area is 181 Å². The van der Waals surface area contributed by atoms with Crippen LogP contribution in [-0.2, 0) is 0 Å². The molecule has 31 heavy (non-hydrogen) atoms. The molecule has 0 saturated heterocycles. The maximum Gasteiger partial charge on any atom is 0.165 e. The van der Waals surface area contributed by atoms with Crippen LogP contribution in [0.15, 0.2) is 95.0 Å². The number of aliphatic imine (C=N–C) groups is 2. The fourth-order valence-corrected chi connectivity index (χ4v) is 3.70. The largest absolute Gasteiger partial charge is 0.497 e. The molecule has 5 rings (SSSR count). The van der Waals surface area contributed by atoms with Gasteiger partial charge in [0.25, 0.3) is 0 Å². The van der Waals surface area contributed by atoms with Gasteiger partial charge in [-0.15, -0.1) is 0 Å². The molecule has 6 nitrogen and oxygen atoms in total. The quantitative estimate of drug-likeness (QED) is 0.597. The fourth-order valence-electron chi connectivity index (χ4n) is 3.70. The highest BCUT2D eigenvalue weighted by atomic mass is 16.5. The van der Waals surface area contributed by atoms with E-state index >= 15 is 0 Å². The van der Waals surface area contributed by atoms with E-state index in [1.807, 2.05) is 73.1 Å². The second-order valence-electron chi connectivity index (χ2n) is 7.36. The molecule has 3 aromatic carbocycles. The lowest BCUT2D eigenvalue weighted by atomic mass is 10.0. The van der Waals surface area contributed by atoms with E-state index in [0.717, 1.165) is 39.4 Å². The smallest absolute Gasteiger partial charge is 0.165 e. The van der Waals surface area contributed by atoms with Crippen molar-refractivity contribution in [2.24, 2.45) is 9.98 Å². The van der Waals surface area contributed by atoms with Crippen molar-refractivity contribution in [2.75, 3.05) is 7.11 Å². The Balaban J connectivity index is 1.44. The Morgan fingerprint density at radius 1 is 0.839 bits per heavy atom. The first-order valence-corrected chi connectivity index (χ1v) is 10.2. The first-order valence-electron chi connectivity index (χ1n) is 10.2. The molecule has 3 N–H and O–H groups in total. The summed E-state index contributed by atoms with van der Waals surface area (Å²) in [7, 11) is 1.68. The summed E-state index contributed by atoms with van der Waals surface area (Å²) in [6.45, 7) is 0. The molecule has 2 atom stereocenters. The molecule has 2 aliphatic heterocycles. The van der Waals surface area contributed by atoms with Crippen molar-refractivity contribution in [1.82, 2.24) is 16.2 Å². The molecule has 0 radical (unpaired) electrons. The molecule has 0 spiro atoms. The Morgan fingerprint density at radius 3 is 2.29 bits per heavy atom. The molecule has 0 saturated carbocycles. The van der Waals surface area contributed by atoms with Gasteiger partial charge in [0, 0.05) is 17.3 Å². The molecule has 6 heteroatoms. The minimum atomic E-state index is -0.203. The summed E-state index contributed by atoms with van der Waals surface area (Å²) >= 11 is 0. The van der Waals surface area contributed by atoms with Crippen molar-refractivity contribution in [1.29, 1.82) is 0 Å². The fraction of sp³-hybridized carbons (Fsp3) is 0.120. The van der Waals surface area contributed by atoms with E-state index in [2.05, 4.69) is 39.4 Å². The van der Waals surface area contributed by atoms with Crippen LogP contribution >= 0.6 is 0 Å². The van der Waals surface area contributed by atoms with Crippen molar-refractivity contribution < 1.29 is 4.74 Å². The van der Waals surface area contributed by atoms with Crippen molar-refractivity contribution >= 4 is 17.6 Å². The second kappa shape index (κ2) is 8.45. The molecule has 0 aromatic heterocycles. The van der Waals surface area contributed by atoms with Gasteiger partial charge in [-0.1, -0.05) is 60.7 Å². The van der Waals surface area contributed by atoms with Crippen LogP contribution in [0.3, 0.4) is 0 Å². The number of hydrogen-bond acceptors (Lipinski definition) is 6. The predicted molar refractivity (Wildman–Crippen MR) is 124 cm³/mol. The maximum absolute atomic E-state index is 5.58. The normalized spacial score (nSPS) is 19.8. The van der Waals surface area contributed by atoms with E-state index in [1.165, 1.54) is 0 Å². The standard InChI is InChI=1S/C25H23N5O/c1-31-21-13-19(22-15-26-24(28-22)17-8-4-2-5-9-17)12-20(14-21)23-16-27-30-25(29-23)18-10-6-3-7-11-18/h2-16,24-25,27,29-30H,1H3. The van der Waals surface area contributed by atoms with Crippen LogP contribution in [0.5, 0.6) is 5.75 Å². The Morgan fingerprint density at radius 2 is 1.55 bits per heavy atom. The first kappa shape index (κ1) is 19.1.